The highest BCUT2D eigenvalue weighted by molar-refractivity contribution is 6.55. The van der Waals surface area contributed by atoms with Crippen LogP contribution in [0.1, 0.15) is 6.92 Å². The summed E-state index contributed by atoms with van der Waals surface area (Å²) in [6, 6.07) is 0. The minimum Gasteiger partial charge on any atom is -0.478 e. The first-order valence-electron chi connectivity index (χ1n) is 3.39. The van der Waals surface area contributed by atoms with Gasteiger partial charge < -0.3 is 10.2 Å². The third-order valence-electron chi connectivity index (χ3n) is 0.540. The Morgan fingerprint density at radius 1 is 1.20 bits per heavy atom. The number of carboxylic acid groups (broad SMARTS) is 2. The molecule has 15 heavy (non-hydrogen) atoms. The van der Waals surface area contributed by atoms with Crippen molar-refractivity contribution in [2.45, 2.75) is 6.92 Å². The standard InChI is InChI=1S/C4H6O2.C3H4O2.C2H2Cl2/c1-3(2)4(5)6;1-2-3(4)5;1-2(3)4/h1H2,2H3,(H,5,6);2H,1H2,(H,4,5);1H2. The van der Waals surface area contributed by atoms with E-state index >= 15 is 0 Å². The molecule has 0 heterocycles. The molecule has 0 amide bonds. The first-order chi connectivity index (χ1) is 6.64. The zero-order valence-electron chi connectivity index (χ0n) is 8.17. The molecule has 0 atom stereocenters. The normalized spacial score (nSPS) is 6.87. The van der Waals surface area contributed by atoms with Gasteiger partial charge in [0.2, 0.25) is 0 Å². The van der Waals surface area contributed by atoms with Gasteiger partial charge in [-0.25, -0.2) is 9.59 Å². The third-order valence-corrected chi connectivity index (χ3v) is 0.540. The van der Waals surface area contributed by atoms with E-state index in [1.807, 2.05) is 0 Å². The number of halogens is 2. The first-order valence-corrected chi connectivity index (χ1v) is 4.14. The van der Waals surface area contributed by atoms with Gasteiger partial charge in [-0.15, -0.1) is 0 Å². The largest absolute Gasteiger partial charge is 0.478 e. The second kappa shape index (κ2) is 12.7. The number of carbonyl (C=O) groups is 2. The van der Waals surface area contributed by atoms with Crippen molar-refractivity contribution in [3.05, 3.63) is 35.9 Å². The Balaban J connectivity index is -0.000000147. The van der Waals surface area contributed by atoms with E-state index in [0.29, 0.717) is 0 Å². The van der Waals surface area contributed by atoms with Gasteiger partial charge in [-0.05, 0) is 6.92 Å². The molecule has 0 bridgehead atoms. The van der Waals surface area contributed by atoms with Crippen LogP contribution in [-0.4, -0.2) is 22.2 Å². The van der Waals surface area contributed by atoms with Gasteiger partial charge in [-0.2, -0.15) is 0 Å². The van der Waals surface area contributed by atoms with Crippen LogP contribution < -0.4 is 0 Å². The van der Waals surface area contributed by atoms with Gasteiger partial charge >= 0.3 is 11.9 Å². The Morgan fingerprint density at radius 3 is 1.33 bits per heavy atom. The predicted octanol–water partition coefficient (Wildman–Crippen LogP) is 2.84. The number of hydrogen-bond acceptors (Lipinski definition) is 2. The Morgan fingerprint density at radius 2 is 1.33 bits per heavy atom. The van der Waals surface area contributed by atoms with Gasteiger partial charge in [0.1, 0.15) is 0 Å². The summed E-state index contributed by atoms with van der Waals surface area (Å²) in [5, 5.41) is 15.5. The zero-order valence-corrected chi connectivity index (χ0v) is 9.68. The van der Waals surface area contributed by atoms with Crippen molar-refractivity contribution in [3.8, 4) is 0 Å². The minimum atomic E-state index is -0.981. The topological polar surface area (TPSA) is 74.6 Å². The van der Waals surface area contributed by atoms with Crippen LogP contribution in [-0.2, 0) is 9.59 Å². The molecule has 0 saturated heterocycles. The molecule has 0 unspecified atom stereocenters. The van der Waals surface area contributed by atoms with E-state index in [0.717, 1.165) is 6.08 Å². The molecule has 0 spiro atoms. The van der Waals surface area contributed by atoms with E-state index < -0.39 is 11.9 Å². The Kier molecular flexibility index (Phi) is 16.4. The number of aliphatic carboxylic acids is 2. The Bertz CT molecular complexity index is 243. The average Bonchev–Trinajstić information content (AvgIpc) is 2.04. The molecule has 0 fully saturated rings. The van der Waals surface area contributed by atoms with Crippen molar-refractivity contribution in [2.24, 2.45) is 0 Å². The molecule has 0 aromatic carbocycles. The summed E-state index contributed by atoms with van der Waals surface area (Å²) < 4.78 is 0.111. The molecule has 0 saturated carbocycles. The molecule has 2 N–H and O–H groups in total. The van der Waals surface area contributed by atoms with Crippen molar-refractivity contribution in [1.82, 2.24) is 0 Å². The van der Waals surface area contributed by atoms with Gasteiger partial charge in [0.15, 0.2) is 0 Å². The van der Waals surface area contributed by atoms with Crippen LogP contribution in [0.4, 0.5) is 0 Å². The van der Waals surface area contributed by atoms with Crippen molar-refractivity contribution < 1.29 is 19.8 Å². The lowest BCUT2D eigenvalue weighted by atomic mass is 10.4. The molecule has 0 aliphatic rings. The fourth-order valence-electron chi connectivity index (χ4n) is 0. The lowest BCUT2D eigenvalue weighted by Crippen LogP contribution is -1.92. The van der Waals surface area contributed by atoms with Crippen molar-refractivity contribution >= 4 is 35.1 Å². The fraction of sp³-hybridized carbons (Fsp3) is 0.111. The van der Waals surface area contributed by atoms with Gasteiger partial charge in [0.05, 0.1) is 4.49 Å². The highest BCUT2D eigenvalue weighted by Gasteiger charge is 1.90. The maximum absolute atomic E-state index is 9.60. The van der Waals surface area contributed by atoms with Gasteiger partial charge in [-0.3, -0.25) is 0 Å². The van der Waals surface area contributed by atoms with Gasteiger partial charge in [0, 0.05) is 11.6 Å². The summed E-state index contributed by atoms with van der Waals surface area (Å²) >= 11 is 9.69. The van der Waals surface area contributed by atoms with Crippen LogP contribution in [0.5, 0.6) is 0 Å². The van der Waals surface area contributed by atoms with Crippen LogP contribution in [0.25, 0.3) is 0 Å². The molecule has 4 nitrogen and oxygen atoms in total. The molecule has 0 rings (SSSR count). The van der Waals surface area contributed by atoms with E-state index in [1.165, 1.54) is 6.92 Å². The summed E-state index contributed by atoms with van der Waals surface area (Å²) in [6.07, 6.45) is 0.833. The second-order valence-electron chi connectivity index (χ2n) is 1.97. The quantitative estimate of drug-likeness (QED) is 0.744. The van der Waals surface area contributed by atoms with E-state index in [4.69, 9.17) is 33.4 Å². The van der Waals surface area contributed by atoms with Crippen LogP contribution >= 0.6 is 23.2 Å². The Labute approximate surface area is 98.1 Å². The SMILES string of the molecule is C=C(C)C(=O)O.C=C(Cl)Cl.C=CC(=O)O. The van der Waals surface area contributed by atoms with Crippen molar-refractivity contribution in [1.29, 1.82) is 0 Å². The fourth-order valence-corrected chi connectivity index (χ4v) is 0. The van der Waals surface area contributed by atoms with E-state index in [-0.39, 0.29) is 10.1 Å². The van der Waals surface area contributed by atoms with Gasteiger partial charge in [-0.1, -0.05) is 42.9 Å². The lowest BCUT2D eigenvalue weighted by Gasteiger charge is -1.79. The van der Waals surface area contributed by atoms with Crippen LogP contribution in [0.3, 0.4) is 0 Å². The molecule has 0 aromatic heterocycles. The van der Waals surface area contributed by atoms with Crippen LogP contribution in [0.15, 0.2) is 35.9 Å². The molecular formula is C9H12Cl2O4. The Hall–Kier alpha value is -1.26. The van der Waals surface area contributed by atoms with Crippen LogP contribution in [0, 0.1) is 0 Å². The number of carboxylic acids is 2. The summed E-state index contributed by atoms with van der Waals surface area (Å²) in [7, 11) is 0. The summed E-state index contributed by atoms with van der Waals surface area (Å²) in [5.74, 6) is -1.92. The van der Waals surface area contributed by atoms with Crippen LogP contribution in [0.2, 0.25) is 0 Å². The van der Waals surface area contributed by atoms with E-state index in [2.05, 4.69) is 19.7 Å². The summed E-state index contributed by atoms with van der Waals surface area (Å²) in [6.45, 7) is 10.6. The minimum absolute atomic E-state index is 0.111. The molecule has 0 aliphatic heterocycles. The molecule has 0 radical (unpaired) electrons. The number of rotatable bonds is 2. The predicted molar refractivity (Wildman–Crippen MR) is 61.1 cm³/mol. The monoisotopic (exact) mass is 254 g/mol. The molecule has 0 aromatic rings. The van der Waals surface area contributed by atoms with E-state index in [9.17, 15) is 9.59 Å². The van der Waals surface area contributed by atoms with E-state index in [1.54, 1.807) is 0 Å². The maximum Gasteiger partial charge on any atom is 0.330 e. The van der Waals surface area contributed by atoms with Gasteiger partial charge in [0.25, 0.3) is 0 Å². The maximum atomic E-state index is 9.60. The van der Waals surface area contributed by atoms with Crippen molar-refractivity contribution in [3.63, 3.8) is 0 Å². The second-order valence-corrected chi connectivity index (χ2v) is 3.07. The number of hydrogen-bond donors (Lipinski definition) is 2. The summed E-state index contributed by atoms with van der Waals surface area (Å²) in [4.78, 5) is 18.8. The first kappa shape index (κ1) is 19.3. The third kappa shape index (κ3) is 65.4. The van der Waals surface area contributed by atoms with Crippen molar-refractivity contribution in [2.75, 3.05) is 0 Å². The molecule has 6 heteroatoms. The average molecular weight is 255 g/mol. The summed E-state index contributed by atoms with van der Waals surface area (Å²) in [5.41, 5.74) is 0.176. The lowest BCUT2D eigenvalue weighted by molar-refractivity contribution is -0.133. The smallest absolute Gasteiger partial charge is 0.330 e. The molecule has 0 aliphatic carbocycles. The highest BCUT2D eigenvalue weighted by atomic mass is 35.5. The zero-order chi connectivity index (χ0) is 13.0. The molecular weight excluding hydrogens is 243 g/mol. The molecule has 86 valence electrons. The highest BCUT2D eigenvalue weighted by Crippen LogP contribution is 1.98.